The molecule has 1 aromatic carbocycles. The summed E-state index contributed by atoms with van der Waals surface area (Å²) in [5.74, 6) is 0.440. The number of carbonyl (C=O) groups excluding carboxylic acids is 1. The molecule has 7 heteroatoms. The molecule has 0 radical (unpaired) electrons. The van der Waals surface area contributed by atoms with Crippen molar-refractivity contribution in [3.8, 4) is 0 Å². The summed E-state index contributed by atoms with van der Waals surface area (Å²) in [4.78, 5) is 18.3. The summed E-state index contributed by atoms with van der Waals surface area (Å²) in [6.07, 6.45) is 2.16. The number of hydrogen-bond acceptors (Lipinski definition) is 2. The Morgan fingerprint density at radius 3 is 2.62 bits per heavy atom. The van der Waals surface area contributed by atoms with E-state index in [0.29, 0.717) is 24.6 Å². The van der Waals surface area contributed by atoms with Crippen molar-refractivity contribution >= 4 is 35.8 Å². The molecule has 0 atom stereocenters. The highest BCUT2D eigenvalue weighted by molar-refractivity contribution is 14.0. The van der Waals surface area contributed by atoms with Gasteiger partial charge < -0.3 is 15.5 Å². The highest BCUT2D eigenvalue weighted by Gasteiger charge is 2.17. The van der Waals surface area contributed by atoms with Crippen LogP contribution in [0.5, 0.6) is 0 Å². The molecule has 134 valence electrons. The van der Waals surface area contributed by atoms with Crippen LogP contribution in [-0.2, 0) is 11.3 Å². The van der Waals surface area contributed by atoms with Crippen LogP contribution in [-0.4, -0.2) is 42.9 Å². The smallest absolute Gasteiger partial charge is 0.241 e. The maximum atomic E-state index is 13.5. The van der Waals surface area contributed by atoms with E-state index in [1.54, 1.807) is 13.0 Å². The van der Waals surface area contributed by atoms with E-state index in [-0.39, 0.29) is 42.2 Å². The fourth-order valence-electron chi connectivity index (χ4n) is 2.48. The highest BCUT2D eigenvalue weighted by atomic mass is 127. The minimum Gasteiger partial charge on any atom is -0.357 e. The summed E-state index contributed by atoms with van der Waals surface area (Å²) in [6, 6.07) is 5.11. The molecule has 2 N–H and O–H groups in total. The van der Waals surface area contributed by atoms with Gasteiger partial charge in [-0.25, -0.2) is 9.38 Å². The van der Waals surface area contributed by atoms with Crippen LogP contribution in [0.2, 0.25) is 0 Å². The number of amides is 1. The van der Waals surface area contributed by atoms with Crippen LogP contribution in [0.3, 0.4) is 0 Å². The van der Waals surface area contributed by atoms with Gasteiger partial charge >= 0.3 is 0 Å². The van der Waals surface area contributed by atoms with E-state index in [1.807, 2.05) is 17.9 Å². The zero-order valence-corrected chi connectivity index (χ0v) is 16.6. The maximum absolute atomic E-state index is 13.5. The van der Waals surface area contributed by atoms with Crippen LogP contribution >= 0.6 is 24.0 Å². The number of aliphatic imine (C=N–C) groups is 1. The second-order valence-electron chi connectivity index (χ2n) is 5.72. The van der Waals surface area contributed by atoms with Gasteiger partial charge in [0.05, 0.1) is 13.1 Å². The van der Waals surface area contributed by atoms with Crippen LogP contribution in [0.1, 0.15) is 30.9 Å². The number of carbonyl (C=O) groups is 1. The fraction of sp³-hybridized carbons (Fsp3) is 0.529. The van der Waals surface area contributed by atoms with Gasteiger partial charge in [-0.3, -0.25) is 4.79 Å². The summed E-state index contributed by atoms with van der Waals surface area (Å²) in [5.41, 5.74) is 1.43. The van der Waals surface area contributed by atoms with Gasteiger partial charge in [0.15, 0.2) is 5.96 Å². The van der Waals surface area contributed by atoms with Crippen molar-refractivity contribution in [1.82, 2.24) is 15.5 Å². The van der Waals surface area contributed by atoms with Crippen LogP contribution in [0.4, 0.5) is 4.39 Å². The normalized spacial score (nSPS) is 14.3. The van der Waals surface area contributed by atoms with Crippen molar-refractivity contribution in [2.24, 2.45) is 4.99 Å². The average molecular weight is 448 g/mol. The van der Waals surface area contributed by atoms with E-state index in [9.17, 15) is 9.18 Å². The molecular formula is C17H26FIN4O. The monoisotopic (exact) mass is 448 g/mol. The van der Waals surface area contributed by atoms with Crippen molar-refractivity contribution in [1.29, 1.82) is 0 Å². The standard InChI is InChI=1S/C17H25FN4O.HI/c1-3-19-17(21-12-16(23)22-8-4-5-9-22)20-11-14-7-6-13(2)15(18)10-14;/h6-7,10H,3-5,8-9,11-12H2,1-2H3,(H2,19,20,21);1H. The SMILES string of the molecule is CCNC(=NCc1ccc(C)c(F)c1)NCC(=O)N1CCCC1.I. The van der Waals surface area contributed by atoms with Crippen molar-refractivity contribution in [2.75, 3.05) is 26.2 Å². The van der Waals surface area contributed by atoms with Gasteiger partial charge in [0.1, 0.15) is 5.82 Å². The molecule has 1 aromatic rings. The van der Waals surface area contributed by atoms with E-state index in [1.165, 1.54) is 6.07 Å². The number of aryl methyl sites for hydroxylation is 1. The van der Waals surface area contributed by atoms with Crippen LogP contribution in [0.25, 0.3) is 0 Å². The molecule has 0 unspecified atom stereocenters. The van der Waals surface area contributed by atoms with Crippen LogP contribution < -0.4 is 10.6 Å². The number of rotatable bonds is 5. The molecule has 1 fully saturated rings. The molecule has 1 heterocycles. The van der Waals surface area contributed by atoms with Gasteiger partial charge in [0.25, 0.3) is 0 Å². The zero-order valence-electron chi connectivity index (χ0n) is 14.3. The molecule has 1 amide bonds. The largest absolute Gasteiger partial charge is 0.357 e. The number of nitrogens with one attached hydrogen (secondary N) is 2. The Kier molecular flexibility index (Phi) is 9.02. The minimum atomic E-state index is -0.222. The van der Waals surface area contributed by atoms with Crippen molar-refractivity contribution in [3.63, 3.8) is 0 Å². The van der Waals surface area contributed by atoms with E-state index in [2.05, 4.69) is 15.6 Å². The lowest BCUT2D eigenvalue weighted by Crippen LogP contribution is -2.44. The van der Waals surface area contributed by atoms with E-state index < -0.39 is 0 Å². The van der Waals surface area contributed by atoms with E-state index in [0.717, 1.165) is 31.5 Å². The first-order valence-corrected chi connectivity index (χ1v) is 8.15. The Morgan fingerprint density at radius 1 is 1.29 bits per heavy atom. The number of likely N-dealkylation sites (tertiary alicyclic amines) is 1. The Bertz CT molecular complexity index is 574. The summed E-state index contributed by atoms with van der Waals surface area (Å²) in [7, 11) is 0. The molecule has 0 aliphatic carbocycles. The van der Waals surface area contributed by atoms with Crippen molar-refractivity contribution in [2.45, 2.75) is 33.2 Å². The summed E-state index contributed by atoms with van der Waals surface area (Å²) < 4.78 is 13.5. The summed E-state index contributed by atoms with van der Waals surface area (Å²) in [5, 5.41) is 6.15. The third-order valence-electron chi connectivity index (χ3n) is 3.87. The van der Waals surface area contributed by atoms with E-state index in [4.69, 9.17) is 0 Å². The van der Waals surface area contributed by atoms with Crippen molar-refractivity contribution in [3.05, 3.63) is 35.1 Å². The lowest BCUT2D eigenvalue weighted by Gasteiger charge is -2.17. The molecule has 0 bridgehead atoms. The third kappa shape index (κ3) is 6.26. The molecule has 1 aliphatic rings. The average Bonchev–Trinajstić information content (AvgIpc) is 3.07. The fourth-order valence-corrected chi connectivity index (χ4v) is 2.48. The molecule has 1 saturated heterocycles. The van der Waals surface area contributed by atoms with Gasteiger partial charge in [-0.1, -0.05) is 12.1 Å². The number of benzene rings is 1. The van der Waals surface area contributed by atoms with Crippen LogP contribution in [0.15, 0.2) is 23.2 Å². The third-order valence-corrected chi connectivity index (χ3v) is 3.87. The molecule has 0 spiro atoms. The van der Waals surface area contributed by atoms with Gasteiger partial charge in [0.2, 0.25) is 5.91 Å². The first kappa shape index (κ1) is 20.7. The maximum Gasteiger partial charge on any atom is 0.241 e. The Morgan fingerprint density at radius 2 is 2.00 bits per heavy atom. The Labute approximate surface area is 160 Å². The van der Waals surface area contributed by atoms with Gasteiger partial charge in [-0.05, 0) is 43.9 Å². The topological polar surface area (TPSA) is 56.7 Å². The Balaban J connectivity index is 0.00000288. The van der Waals surface area contributed by atoms with Crippen molar-refractivity contribution < 1.29 is 9.18 Å². The number of hydrogen-bond donors (Lipinski definition) is 2. The predicted octanol–water partition coefficient (Wildman–Crippen LogP) is 2.43. The molecule has 24 heavy (non-hydrogen) atoms. The van der Waals surface area contributed by atoms with Gasteiger partial charge in [-0.15, -0.1) is 24.0 Å². The summed E-state index contributed by atoms with van der Waals surface area (Å²) >= 11 is 0. The van der Waals surface area contributed by atoms with Gasteiger partial charge in [-0.2, -0.15) is 0 Å². The van der Waals surface area contributed by atoms with Gasteiger partial charge in [0, 0.05) is 19.6 Å². The first-order valence-electron chi connectivity index (χ1n) is 8.15. The lowest BCUT2D eigenvalue weighted by molar-refractivity contribution is -0.128. The number of guanidine groups is 1. The summed E-state index contributed by atoms with van der Waals surface area (Å²) in [6.45, 7) is 6.68. The lowest BCUT2D eigenvalue weighted by atomic mass is 10.1. The minimum absolute atomic E-state index is 0. The molecule has 5 nitrogen and oxygen atoms in total. The van der Waals surface area contributed by atoms with E-state index >= 15 is 0 Å². The molecular weight excluding hydrogens is 422 g/mol. The second-order valence-corrected chi connectivity index (χ2v) is 5.72. The molecule has 0 aromatic heterocycles. The zero-order chi connectivity index (χ0) is 16.7. The predicted molar refractivity (Wildman–Crippen MR) is 105 cm³/mol. The molecule has 0 saturated carbocycles. The number of nitrogens with zero attached hydrogens (tertiary/aromatic N) is 2. The number of halogens is 2. The molecule has 2 rings (SSSR count). The highest BCUT2D eigenvalue weighted by Crippen LogP contribution is 2.10. The van der Waals surface area contributed by atoms with Crippen LogP contribution in [0, 0.1) is 12.7 Å². The second kappa shape index (κ2) is 10.5. The first-order chi connectivity index (χ1) is 11.1. The molecule has 1 aliphatic heterocycles. The Hall–Kier alpha value is -1.38. The quantitative estimate of drug-likeness (QED) is 0.414.